The summed E-state index contributed by atoms with van der Waals surface area (Å²) < 4.78 is 11.8. The number of hydrogen-bond acceptors (Lipinski definition) is 5. The molecule has 0 saturated carbocycles. The van der Waals surface area contributed by atoms with Crippen molar-refractivity contribution in [3.05, 3.63) is 115 Å². The van der Waals surface area contributed by atoms with Crippen LogP contribution in [0.1, 0.15) is 26.3 Å². The average Bonchev–Trinajstić information content (AvgIpc) is 3.69. The summed E-state index contributed by atoms with van der Waals surface area (Å²) in [7, 11) is 0. The zero-order valence-corrected chi connectivity index (χ0v) is 26.7. The first kappa shape index (κ1) is 27.5. The molecule has 0 aliphatic heterocycles. The summed E-state index contributed by atoms with van der Waals surface area (Å²) in [4.78, 5) is 14.8. The number of pyridine rings is 2. The molecule has 43 heavy (non-hydrogen) atoms. The molecule has 212 valence electrons. The van der Waals surface area contributed by atoms with Crippen LogP contribution in [0.15, 0.2) is 97.7 Å². The molecule has 0 radical (unpaired) electrons. The molecule has 0 spiro atoms. The number of aromatic nitrogens is 5. The molecule has 0 bridgehead atoms. The second-order valence-electron chi connectivity index (χ2n) is 11.3. The van der Waals surface area contributed by atoms with Crippen molar-refractivity contribution in [3.8, 4) is 28.6 Å². The van der Waals surface area contributed by atoms with Gasteiger partial charge in [-0.3, -0.25) is 0 Å². The largest absolute Gasteiger partial charge is 2.00 e. The van der Waals surface area contributed by atoms with Crippen LogP contribution in [0.2, 0.25) is 0 Å². The smallest absolute Gasteiger partial charge is 0.503 e. The van der Waals surface area contributed by atoms with Crippen LogP contribution in [0.3, 0.4) is 0 Å². The Morgan fingerprint density at radius 2 is 1.67 bits per heavy atom. The summed E-state index contributed by atoms with van der Waals surface area (Å²) in [6.45, 7) is 6.65. The van der Waals surface area contributed by atoms with Gasteiger partial charge in [-0.25, -0.2) is 9.97 Å². The number of fused-ring (bicyclic) bond motifs is 6. The van der Waals surface area contributed by atoms with E-state index in [1.807, 2.05) is 49.1 Å². The summed E-state index contributed by atoms with van der Waals surface area (Å²) in [6, 6.07) is 31.7. The quantitative estimate of drug-likeness (QED) is 0.169. The molecule has 5 aromatic heterocycles. The van der Waals surface area contributed by atoms with Gasteiger partial charge in [-0.2, -0.15) is 17.4 Å². The molecule has 0 atom stereocenters. The van der Waals surface area contributed by atoms with Crippen LogP contribution >= 0.6 is 11.3 Å². The van der Waals surface area contributed by atoms with Gasteiger partial charge in [0.05, 0.1) is 12.5 Å². The Hall–Kier alpha value is -4.32. The van der Waals surface area contributed by atoms with E-state index < -0.39 is 0 Å². The van der Waals surface area contributed by atoms with Gasteiger partial charge in [-0.1, -0.05) is 68.8 Å². The molecule has 8 aromatic rings. The Balaban J connectivity index is 0.00000300. The molecule has 3 aromatic carbocycles. The summed E-state index contributed by atoms with van der Waals surface area (Å²) in [5.74, 6) is 2.04. The van der Waals surface area contributed by atoms with Gasteiger partial charge in [0.1, 0.15) is 10.6 Å². The van der Waals surface area contributed by atoms with E-state index in [1.165, 1.54) is 5.56 Å². The molecule has 0 fully saturated rings. The maximum atomic E-state index is 6.51. The molecule has 0 aliphatic carbocycles. The number of thiazole rings is 1. The van der Waals surface area contributed by atoms with Gasteiger partial charge in [0.25, 0.3) is 0 Å². The van der Waals surface area contributed by atoms with Crippen molar-refractivity contribution in [1.29, 1.82) is 0 Å². The second-order valence-corrected chi connectivity index (χ2v) is 12.4. The van der Waals surface area contributed by atoms with Gasteiger partial charge >= 0.3 is 21.1 Å². The number of hydrogen-bond donors (Lipinski definition) is 0. The zero-order chi connectivity index (χ0) is 28.4. The average molecular weight is 759 g/mol. The Labute approximate surface area is 266 Å². The van der Waals surface area contributed by atoms with Gasteiger partial charge in [-0.05, 0) is 56.5 Å². The minimum absolute atomic E-state index is 0. The summed E-state index contributed by atoms with van der Waals surface area (Å²) in [6.07, 6.45) is 7.39. The molecule has 0 saturated heterocycles. The van der Waals surface area contributed by atoms with Crippen molar-refractivity contribution in [3.63, 3.8) is 0 Å². The molecule has 5 heterocycles. The van der Waals surface area contributed by atoms with E-state index in [-0.39, 0.29) is 26.5 Å². The first-order valence-corrected chi connectivity index (χ1v) is 14.6. The number of imidazole rings is 1. The fraction of sp³-hybridized carbons (Fsp3) is 0.114. The summed E-state index contributed by atoms with van der Waals surface area (Å²) in [5.41, 5.74) is 5.94. The Morgan fingerprint density at radius 3 is 2.51 bits per heavy atom. The Kier molecular flexibility index (Phi) is 6.68. The van der Waals surface area contributed by atoms with Crippen LogP contribution in [0.25, 0.3) is 53.9 Å². The van der Waals surface area contributed by atoms with Gasteiger partial charge in [0, 0.05) is 29.4 Å². The fourth-order valence-electron chi connectivity index (χ4n) is 5.50. The predicted molar refractivity (Wildman–Crippen MR) is 169 cm³/mol. The third-order valence-corrected chi connectivity index (χ3v) is 8.71. The number of ether oxygens (including phenoxy) is 1. The summed E-state index contributed by atoms with van der Waals surface area (Å²) in [5, 5.41) is 2.23. The zero-order valence-electron chi connectivity index (χ0n) is 23.6. The minimum Gasteiger partial charge on any atom is -0.503 e. The van der Waals surface area contributed by atoms with Crippen LogP contribution in [-0.4, -0.2) is 23.9 Å². The molecule has 0 aliphatic rings. The predicted octanol–water partition coefficient (Wildman–Crippen LogP) is 8.79. The molecule has 8 rings (SSSR count). The van der Waals surface area contributed by atoms with E-state index in [0.29, 0.717) is 11.5 Å². The van der Waals surface area contributed by atoms with Gasteiger partial charge in [-0.15, -0.1) is 23.1 Å². The molecular weight excluding hydrogens is 734 g/mol. The molecular formula is C35H25N5OPtS. The van der Waals surface area contributed by atoms with Crippen molar-refractivity contribution in [2.75, 3.05) is 0 Å². The van der Waals surface area contributed by atoms with Crippen molar-refractivity contribution in [2.45, 2.75) is 26.2 Å². The van der Waals surface area contributed by atoms with Gasteiger partial charge in [0.15, 0.2) is 0 Å². The molecule has 0 unspecified atom stereocenters. The molecule has 8 heteroatoms. The van der Waals surface area contributed by atoms with Crippen LogP contribution in [0.5, 0.6) is 11.5 Å². The van der Waals surface area contributed by atoms with E-state index >= 15 is 0 Å². The van der Waals surface area contributed by atoms with Gasteiger partial charge in [0.2, 0.25) is 0 Å². The minimum atomic E-state index is -0.00343. The van der Waals surface area contributed by atoms with Crippen molar-refractivity contribution >= 4 is 48.2 Å². The third kappa shape index (κ3) is 4.64. The third-order valence-electron chi connectivity index (χ3n) is 7.58. The number of rotatable bonds is 4. The molecule has 0 N–H and O–H groups in total. The SMILES string of the molecule is CC(C)(C)c1ccnc(-n2c3[c-]c(Oc4[c-]c(-c5ccccn5)c5sc6cncn6c5c4)ccc3c3ccccc32)c1.[Pt+2]. The van der Waals surface area contributed by atoms with Crippen LogP contribution in [0.4, 0.5) is 0 Å². The van der Waals surface area contributed by atoms with E-state index in [1.54, 1.807) is 17.5 Å². The van der Waals surface area contributed by atoms with Crippen molar-refractivity contribution in [1.82, 2.24) is 23.9 Å². The summed E-state index contributed by atoms with van der Waals surface area (Å²) >= 11 is 1.67. The monoisotopic (exact) mass is 758 g/mol. The van der Waals surface area contributed by atoms with E-state index in [2.05, 4.69) is 94.3 Å². The maximum absolute atomic E-state index is 6.51. The number of nitrogens with zero attached hydrogens (tertiary/aromatic N) is 5. The van der Waals surface area contributed by atoms with Gasteiger partial charge < -0.3 is 18.7 Å². The fourth-order valence-corrected chi connectivity index (χ4v) is 6.59. The molecule has 6 nitrogen and oxygen atoms in total. The Morgan fingerprint density at radius 1 is 0.814 bits per heavy atom. The van der Waals surface area contributed by atoms with Crippen molar-refractivity contribution < 1.29 is 25.8 Å². The first-order valence-electron chi connectivity index (χ1n) is 13.8. The van der Waals surface area contributed by atoms with E-state index in [4.69, 9.17) is 9.72 Å². The Bertz CT molecular complexity index is 2280. The van der Waals surface area contributed by atoms with Crippen LogP contribution in [-0.2, 0) is 26.5 Å². The second kappa shape index (κ2) is 10.4. The van der Waals surface area contributed by atoms with E-state index in [0.717, 1.165) is 53.9 Å². The normalized spacial score (nSPS) is 11.9. The van der Waals surface area contributed by atoms with Crippen LogP contribution < -0.4 is 4.74 Å². The molecule has 0 amide bonds. The number of para-hydroxylation sites is 1. The van der Waals surface area contributed by atoms with Crippen LogP contribution in [0, 0.1) is 12.1 Å². The standard InChI is InChI=1S/C35H25N5OS.Pt/c1-35(2,3)22-13-15-38-32(16-22)40-29-10-5-4-8-25(29)26-12-11-23(18-30(26)40)41-24-17-27(28-9-6-7-14-37-28)34-31(19-24)39-21-36-20-33(39)42-34;/h4-16,19-21H,1-3H3;/q-2;+2. The van der Waals surface area contributed by atoms with E-state index in [9.17, 15) is 0 Å². The maximum Gasteiger partial charge on any atom is 2.00 e. The van der Waals surface area contributed by atoms with Crippen molar-refractivity contribution in [2.24, 2.45) is 0 Å². The topological polar surface area (TPSA) is 57.2 Å². The number of benzene rings is 3. The first-order chi connectivity index (χ1) is 20.4.